The van der Waals surface area contributed by atoms with Gasteiger partial charge in [0.05, 0.1) is 5.56 Å². The van der Waals surface area contributed by atoms with E-state index in [1.807, 2.05) is 0 Å². The second kappa shape index (κ2) is 10.4. The highest BCUT2D eigenvalue weighted by Gasteiger charge is 2.37. The van der Waals surface area contributed by atoms with E-state index in [9.17, 15) is 27.6 Å². The number of rotatable bonds is 5. The molecule has 9 nitrogen and oxygen atoms in total. The van der Waals surface area contributed by atoms with Crippen molar-refractivity contribution in [1.29, 1.82) is 0 Å². The summed E-state index contributed by atoms with van der Waals surface area (Å²) >= 11 is 0. The summed E-state index contributed by atoms with van der Waals surface area (Å²) in [6.45, 7) is 4.31. The molecule has 0 saturated carbocycles. The van der Waals surface area contributed by atoms with E-state index >= 15 is 0 Å². The number of halogens is 3. The van der Waals surface area contributed by atoms with Gasteiger partial charge in [0.15, 0.2) is 0 Å². The predicted molar refractivity (Wildman–Crippen MR) is 120 cm³/mol. The van der Waals surface area contributed by atoms with Crippen LogP contribution in [0, 0.1) is 5.92 Å². The monoisotopic (exact) mass is 497 g/mol. The number of primary amides is 1. The molecule has 1 aromatic rings. The van der Waals surface area contributed by atoms with Crippen LogP contribution in [0.3, 0.4) is 0 Å². The molecular weight excluding hydrogens is 467 g/mol. The first-order valence-corrected chi connectivity index (χ1v) is 11.8. The van der Waals surface area contributed by atoms with Crippen molar-refractivity contribution in [3.63, 3.8) is 0 Å². The van der Waals surface area contributed by atoms with E-state index in [0.29, 0.717) is 50.7 Å². The number of anilines is 1. The van der Waals surface area contributed by atoms with E-state index in [0.717, 1.165) is 25.5 Å². The minimum absolute atomic E-state index is 0.00532. The Kier molecular flexibility index (Phi) is 7.50. The lowest BCUT2D eigenvalue weighted by molar-refractivity contribution is -0.137. The molecular formula is C23H30F3N5O4. The molecule has 192 valence electrons. The number of imide groups is 1. The average Bonchev–Trinajstić information content (AvgIpc) is 2.79. The van der Waals surface area contributed by atoms with E-state index in [1.165, 1.54) is 6.07 Å². The maximum absolute atomic E-state index is 14.0. The van der Waals surface area contributed by atoms with Gasteiger partial charge in [0.1, 0.15) is 0 Å². The van der Waals surface area contributed by atoms with Crippen molar-refractivity contribution < 1.29 is 32.4 Å². The van der Waals surface area contributed by atoms with Gasteiger partial charge in [0, 0.05) is 70.3 Å². The number of alkyl halides is 3. The van der Waals surface area contributed by atoms with Crippen molar-refractivity contribution in [3.05, 3.63) is 29.3 Å². The molecule has 0 radical (unpaired) electrons. The number of carbonyl (C=O) groups excluding carboxylic acids is 3. The first-order valence-electron chi connectivity index (χ1n) is 11.8. The number of nitrogens with one attached hydrogen (secondary N) is 1. The number of nitrogens with two attached hydrogens (primary N) is 1. The normalized spacial score (nSPS) is 21.7. The second-order valence-electron chi connectivity index (χ2n) is 9.42. The molecule has 3 heterocycles. The zero-order chi connectivity index (χ0) is 25.2. The Morgan fingerprint density at radius 1 is 1.03 bits per heavy atom. The van der Waals surface area contributed by atoms with Crippen LogP contribution < -0.4 is 16.0 Å². The van der Waals surface area contributed by atoms with E-state index in [4.69, 9.17) is 10.6 Å². The molecule has 0 aliphatic carbocycles. The summed E-state index contributed by atoms with van der Waals surface area (Å²) in [7, 11) is 0. The summed E-state index contributed by atoms with van der Waals surface area (Å²) in [5.74, 6) is -1.06. The second-order valence-corrected chi connectivity index (χ2v) is 9.42. The van der Waals surface area contributed by atoms with Crippen molar-refractivity contribution in [2.24, 2.45) is 11.7 Å². The molecule has 0 atom stereocenters. The lowest BCUT2D eigenvalue weighted by atomic mass is 9.88. The number of hydrogen-bond acceptors (Lipinski definition) is 7. The topological polar surface area (TPSA) is 108 Å². The van der Waals surface area contributed by atoms with Crippen LogP contribution in [0.25, 0.3) is 0 Å². The standard InChI is InChI=1S/C23H30F3N5O4/c24-23(25,26)18-11-16(17-12-20(32)28-21(33)13-17)1-2-19(18)30-9-7-29(8-10-30)14-15-3-5-31(6-4-15)35-22(27)34/h1-2,11,15,17H,3-10,12-14H2,(H2,27,34)(H,28,32,33). The van der Waals surface area contributed by atoms with Crippen LogP contribution in [0.4, 0.5) is 23.7 Å². The Morgan fingerprint density at radius 2 is 1.66 bits per heavy atom. The van der Waals surface area contributed by atoms with Crippen LogP contribution in [-0.2, 0) is 20.6 Å². The summed E-state index contributed by atoms with van der Waals surface area (Å²) in [5, 5.41) is 3.75. The number of piperidine rings is 2. The predicted octanol–water partition coefficient (Wildman–Crippen LogP) is 2.07. The molecule has 1 aromatic carbocycles. The SMILES string of the molecule is NC(=O)ON1CCC(CN2CCN(c3ccc(C4CC(=O)NC(=O)C4)cc3C(F)(F)F)CC2)CC1. The number of benzene rings is 1. The van der Waals surface area contributed by atoms with Crippen molar-refractivity contribution in [2.75, 3.05) is 50.7 Å². The summed E-state index contributed by atoms with van der Waals surface area (Å²) in [5.41, 5.74) is 4.80. The molecule has 3 amide bonds. The maximum atomic E-state index is 14.0. The van der Waals surface area contributed by atoms with Crippen molar-refractivity contribution in [3.8, 4) is 0 Å². The van der Waals surface area contributed by atoms with E-state index < -0.39 is 35.6 Å². The quantitative estimate of drug-likeness (QED) is 0.600. The highest BCUT2D eigenvalue weighted by atomic mass is 19.4. The maximum Gasteiger partial charge on any atom is 0.423 e. The third kappa shape index (κ3) is 6.43. The van der Waals surface area contributed by atoms with Gasteiger partial charge < -0.3 is 15.5 Å². The van der Waals surface area contributed by atoms with Crippen molar-refractivity contribution in [2.45, 2.75) is 37.8 Å². The number of amides is 3. The lowest BCUT2D eigenvalue weighted by Gasteiger charge is -2.40. The third-order valence-corrected chi connectivity index (χ3v) is 6.96. The van der Waals surface area contributed by atoms with Crippen molar-refractivity contribution in [1.82, 2.24) is 15.3 Å². The van der Waals surface area contributed by atoms with Gasteiger partial charge >= 0.3 is 12.3 Å². The van der Waals surface area contributed by atoms with Gasteiger partial charge in [-0.25, -0.2) is 4.79 Å². The van der Waals surface area contributed by atoms with Gasteiger partial charge in [0.25, 0.3) is 0 Å². The molecule has 4 rings (SSSR count). The molecule has 0 aromatic heterocycles. The molecule has 35 heavy (non-hydrogen) atoms. The average molecular weight is 498 g/mol. The van der Waals surface area contributed by atoms with Gasteiger partial charge in [-0.3, -0.25) is 19.8 Å². The molecule has 12 heteroatoms. The Hall–Kier alpha value is -2.86. The fourth-order valence-electron chi connectivity index (χ4n) is 5.17. The zero-order valence-electron chi connectivity index (χ0n) is 19.4. The first kappa shape index (κ1) is 25.2. The Bertz CT molecular complexity index is 941. The summed E-state index contributed by atoms with van der Waals surface area (Å²) in [6.07, 6.45) is -3.67. The largest absolute Gasteiger partial charge is 0.423 e. The Labute approximate surface area is 201 Å². The summed E-state index contributed by atoms with van der Waals surface area (Å²) in [6, 6.07) is 4.18. The van der Waals surface area contributed by atoms with E-state index in [2.05, 4.69) is 10.2 Å². The molecule has 3 aliphatic rings. The number of nitrogens with zero attached hydrogens (tertiary/aromatic N) is 3. The number of piperazine rings is 1. The van der Waals surface area contributed by atoms with E-state index in [-0.39, 0.29) is 18.5 Å². The molecule has 3 aliphatic heterocycles. The summed E-state index contributed by atoms with van der Waals surface area (Å²) in [4.78, 5) is 43.2. The number of carbonyl (C=O) groups is 3. The van der Waals surface area contributed by atoms with Gasteiger partial charge in [0.2, 0.25) is 11.8 Å². The number of hydrogen-bond donors (Lipinski definition) is 2. The van der Waals surface area contributed by atoms with Crippen LogP contribution in [0.1, 0.15) is 42.7 Å². The molecule has 0 bridgehead atoms. The Balaban J connectivity index is 1.37. The highest BCUT2D eigenvalue weighted by Crippen LogP contribution is 2.40. The van der Waals surface area contributed by atoms with Crippen molar-refractivity contribution >= 4 is 23.6 Å². The van der Waals surface area contributed by atoms with Crippen LogP contribution in [0.15, 0.2) is 18.2 Å². The zero-order valence-corrected chi connectivity index (χ0v) is 19.4. The summed E-state index contributed by atoms with van der Waals surface area (Å²) < 4.78 is 41.9. The molecule has 3 N–H and O–H groups in total. The van der Waals surface area contributed by atoms with Gasteiger partial charge in [-0.1, -0.05) is 6.07 Å². The fourth-order valence-corrected chi connectivity index (χ4v) is 5.17. The van der Waals surface area contributed by atoms with Crippen LogP contribution in [0.2, 0.25) is 0 Å². The smallest absolute Gasteiger partial charge is 0.368 e. The van der Waals surface area contributed by atoms with Gasteiger partial charge in [-0.15, -0.1) is 5.06 Å². The van der Waals surface area contributed by atoms with Crippen LogP contribution >= 0.6 is 0 Å². The van der Waals surface area contributed by atoms with E-state index in [1.54, 1.807) is 16.0 Å². The van der Waals surface area contributed by atoms with Crippen LogP contribution in [-0.4, -0.2) is 73.7 Å². The Morgan fingerprint density at radius 3 is 2.23 bits per heavy atom. The third-order valence-electron chi connectivity index (χ3n) is 6.96. The van der Waals surface area contributed by atoms with Gasteiger partial charge in [-0.2, -0.15) is 13.2 Å². The molecule has 3 fully saturated rings. The minimum Gasteiger partial charge on any atom is -0.368 e. The minimum atomic E-state index is -4.55. The highest BCUT2D eigenvalue weighted by molar-refractivity contribution is 5.98. The lowest BCUT2D eigenvalue weighted by Crippen LogP contribution is -2.49. The molecule has 3 saturated heterocycles. The first-order chi connectivity index (χ1) is 16.6. The molecule has 0 unspecified atom stereocenters. The van der Waals surface area contributed by atoms with Crippen LogP contribution in [0.5, 0.6) is 0 Å². The van der Waals surface area contributed by atoms with Gasteiger partial charge in [-0.05, 0) is 36.5 Å². The molecule has 0 spiro atoms. The number of hydroxylamine groups is 2. The fraction of sp³-hybridized carbons (Fsp3) is 0.609.